The number of carbonyl (C=O) groups excluding carboxylic acids is 1. The molecule has 98 valence electrons. The van der Waals surface area contributed by atoms with Crippen LogP contribution in [0, 0.1) is 15.4 Å². The van der Waals surface area contributed by atoms with Crippen molar-refractivity contribution >= 4 is 40.1 Å². The average molecular weight is 378 g/mol. The second-order valence-electron chi connectivity index (χ2n) is 5.12. The lowest BCUT2D eigenvalue weighted by Crippen LogP contribution is -2.42. The molecule has 1 fully saturated rings. The molecule has 0 saturated carbocycles. The molecule has 0 aliphatic carbocycles. The molecule has 4 heteroatoms. The highest BCUT2D eigenvalue weighted by atomic mass is 127. The largest absolute Gasteiger partial charge is 0.338 e. The van der Waals surface area contributed by atoms with Gasteiger partial charge in [0, 0.05) is 21.7 Å². The van der Waals surface area contributed by atoms with E-state index in [4.69, 9.17) is 11.6 Å². The Kier molecular flexibility index (Phi) is 4.54. The highest BCUT2D eigenvalue weighted by molar-refractivity contribution is 14.1. The zero-order valence-electron chi connectivity index (χ0n) is 10.6. The molecule has 1 saturated heterocycles. The second-order valence-corrected chi connectivity index (χ2v) is 6.72. The highest BCUT2D eigenvalue weighted by Crippen LogP contribution is 2.25. The van der Waals surface area contributed by atoms with Gasteiger partial charge in [-0.2, -0.15) is 0 Å². The summed E-state index contributed by atoms with van der Waals surface area (Å²) in [4.78, 5) is 14.4. The Bertz CT molecular complexity index is 463. The molecule has 18 heavy (non-hydrogen) atoms. The second kappa shape index (κ2) is 5.78. The minimum absolute atomic E-state index is 0.112. The van der Waals surface area contributed by atoms with Crippen LogP contribution in [0.2, 0.25) is 5.02 Å². The van der Waals surface area contributed by atoms with E-state index in [9.17, 15) is 4.79 Å². The Morgan fingerprint density at radius 1 is 1.39 bits per heavy atom. The number of likely N-dealkylation sites (tertiary alicyclic amines) is 1. The molecule has 0 spiro atoms. The van der Waals surface area contributed by atoms with E-state index in [-0.39, 0.29) is 5.91 Å². The number of hydrogen-bond acceptors (Lipinski definition) is 1. The Morgan fingerprint density at radius 3 is 2.78 bits per heavy atom. The summed E-state index contributed by atoms with van der Waals surface area (Å²) in [6, 6.07) is 5.49. The molecule has 2 unspecified atom stereocenters. The van der Waals surface area contributed by atoms with E-state index in [2.05, 4.69) is 36.4 Å². The number of piperidine rings is 1. The summed E-state index contributed by atoms with van der Waals surface area (Å²) in [5, 5.41) is 0.622. The van der Waals surface area contributed by atoms with Crippen molar-refractivity contribution in [2.45, 2.75) is 20.3 Å². The fourth-order valence-electron chi connectivity index (χ4n) is 2.28. The quantitative estimate of drug-likeness (QED) is 0.676. The molecular weight excluding hydrogens is 361 g/mol. The average Bonchev–Trinajstić information content (AvgIpc) is 2.35. The van der Waals surface area contributed by atoms with Gasteiger partial charge in [-0.25, -0.2) is 0 Å². The van der Waals surface area contributed by atoms with E-state index in [1.807, 2.05) is 17.0 Å². The smallest absolute Gasteiger partial charge is 0.254 e. The Labute approximate surface area is 127 Å². The summed E-state index contributed by atoms with van der Waals surface area (Å²) < 4.78 is 0.966. The number of halogens is 2. The van der Waals surface area contributed by atoms with Crippen LogP contribution >= 0.6 is 34.2 Å². The lowest BCUT2D eigenvalue weighted by molar-refractivity contribution is 0.0626. The minimum atomic E-state index is 0.112. The molecule has 1 amide bonds. The van der Waals surface area contributed by atoms with E-state index in [0.717, 1.165) is 28.6 Å². The van der Waals surface area contributed by atoms with E-state index >= 15 is 0 Å². The van der Waals surface area contributed by atoms with Crippen LogP contribution in [0.3, 0.4) is 0 Å². The summed E-state index contributed by atoms with van der Waals surface area (Å²) >= 11 is 8.17. The van der Waals surface area contributed by atoms with Crippen LogP contribution in [0.1, 0.15) is 30.6 Å². The molecule has 2 atom stereocenters. The number of carbonyl (C=O) groups is 1. The van der Waals surface area contributed by atoms with Crippen molar-refractivity contribution in [3.63, 3.8) is 0 Å². The molecule has 0 bridgehead atoms. The molecule has 0 N–H and O–H groups in total. The van der Waals surface area contributed by atoms with Crippen LogP contribution < -0.4 is 0 Å². The molecule has 1 aromatic rings. The molecule has 2 nitrogen and oxygen atoms in total. The maximum atomic E-state index is 12.5. The lowest BCUT2D eigenvalue weighted by Gasteiger charge is -2.35. The fraction of sp³-hybridized carbons (Fsp3) is 0.500. The van der Waals surface area contributed by atoms with Crippen molar-refractivity contribution in [2.75, 3.05) is 13.1 Å². The van der Waals surface area contributed by atoms with Crippen molar-refractivity contribution in [3.8, 4) is 0 Å². The van der Waals surface area contributed by atoms with Crippen molar-refractivity contribution in [3.05, 3.63) is 32.4 Å². The molecular formula is C14H17ClINO. The van der Waals surface area contributed by atoms with Crippen LogP contribution in [0.15, 0.2) is 18.2 Å². The molecule has 2 rings (SSSR count). The van der Waals surface area contributed by atoms with Gasteiger partial charge in [0.1, 0.15) is 0 Å². The van der Waals surface area contributed by atoms with Crippen LogP contribution in [0.4, 0.5) is 0 Å². The number of nitrogens with zero attached hydrogens (tertiary/aromatic N) is 1. The van der Waals surface area contributed by atoms with Crippen LogP contribution in [0.25, 0.3) is 0 Å². The van der Waals surface area contributed by atoms with Crippen molar-refractivity contribution in [2.24, 2.45) is 11.8 Å². The monoisotopic (exact) mass is 377 g/mol. The summed E-state index contributed by atoms with van der Waals surface area (Å²) in [5.74, 6) is 1.38. The number of amides is 1. The van der Waals surface area contributed by atoms with Gasteiger partial charge in [-0.3, -0.25) is 4.79 Å². The number of rotatable bonds is 1. The van der Waals surface area contributed by atoms with Crippen molar-refractivity contribution < 1.29 is 4.79 Å². The third kappa shape index (κ3) is 2.99. The predicted octanol–water partition coefficient (Wildman–Crippen LogP) is 4.06. The SMILES string of the molecule is CC1CCN(C(=O)c2cc(Cl)ccc2I)CC1C. The van der Waals surface area contributed by atoms with Crippen molar-refractivity contribution in [1.82, 2.24) is 4.90 Å². The van der Waals surface area contributed by atoms with Crippen LogP contribution in [0.5, 0.6) is 0 Å². The van der Waals surface area contributed by atoms with Gasteiger partial charge in [0.05, 0.1) is 5.56 Å². The Hall–Kier alpha value is -0.290. The van der Waals surface area contributed by atoms with E-state index < -0.39 is 0 Å². The zero-order valence-corrected chi connectivity index (χ0v) is 13.5. The minimum Gasteiger partial charge on any atom is -0.338 e. The van der Waals surface area contributed by atoms with Gasteiger partial charge in [0.15, 0.2) is 0 Å². The molecule has 1 aromatic carbocycles. The first kappa shape index (κ1) is 14.1. The van der Waals surface area contributed by atoms with Gasteiger partial charge in [0.25, 0.3) is 5.91 Å². The third-order valence-electron chi connectivity index (χ3n) is 3.78. The van der Waals surface area contributed by atoms with E-state index in [1.54, 1.807) is 6.07 Å². The van der Waals surface area contributed by atoms with Gasteiger partial charge < -0.3 is 4.90 Å². The van der Waals surface area contributed by atoms with Gasteiger partial charge in [-0.1, -0.05) is 25.4 Å². The first-order valence-electron chi connectivity index (χ1n) is 6.23. The maximum absolute atomic E-state index is 12.5. The molecule has 1 aliphatic rings. The van der Waals surface area contributed by atoms with Gasteiger partial charge in [0.2, 0.25) is 0 Å². The fourth-order valence-corrected chi connectivity index (χ4v) is 3.02. The van der Waals surface area contributed by atoms with Crippen LogP contribution in [-0.4, -0.2) is 23.9 Å². The summed E-state index contributed by atoms with van der Waals surface area (Å²) in [6.45, 7) is 6.18. The third-order valence-corrected chi connectivity index (χ3v) is 4.96. The van der Waals surface area contributed by atoms with Crippen LogP contribution in [-0.2, 0) is 0 Å². The summed E-state index contributed by atoms with van der Waals surface area (Å²) in [7, 11) is 0. The molecule has 1 heterocycles. The first-order valence-corrected chi connectivity index (χ1v) is 7.69. The van der Waals surface area contributed by atoms with Gasteiger partial charge >= 0.3 is 0 Å². The molecule has 0 aromatic heterocycles. The molecule has 1 aliphatic heterocycles. The summed E-state index contributed by atoms with van der Waals surface area (Å²) in [5.41, 5.74) is 0.727. The lowest BCUT2D eigenvalue weighted by atomic mass is 9.88. The molecule has 0 radical (unpaired) electrons. The maximum Gasteiger partial charge on any atom is 0.254 e. The standard InChI is InChI=1S/C14H17ClINO/c1-9-5-6-17(8-10(9)2)14(18)12-7-11(15)3-4-13(12)16/h3-4,7,9-10H,5-6,8H2,1-2H3. The highest BCUT2D eigenvalue weighted by Gasteiger charge is 2.27. The topological polar surface area (TPSA) is 20.3 Å². The van der Waals surface area contributed by atoms with E-state index in [0.29, 0.717) is 16.9 Å². The van der Waals surface area contributed by atoms with E-state index in [1.165, 1.54) is 0 Å². The normalized spacial score (nSPS) is 24.1. The summed E-state index contributed by atoms with van der Waals surface area (Å²) in [6.07, 6.45) is 1.09. The van der Waals surface area contributed by atoms with Gasteiger partial charge in [-0.05, 0) is 59.0 Å². The zero-order chi connectivity index (χ0) is 13.3. The van der Waals surface area contributed by atoms with Crippen molar-refractivity contribution in [1.29, 1.82) is 0 Å². The number of benzene rings is 1. The Balaban J connectivity index is 2.19. The first-order chi connectivity index (χ1) is 8.49. The number of hydrogen-bond donors (Lipinski definition) is 0. The Morgan fingerprint density at radius 2 is 2.11 bits per heavy atom. The van der Waals surface area contributed by atoms with Gasteiger partial charge in [-0.15, -0.1) is 0 Å². The predicted molar refractivity (Wildman–Crippen MR) is 83.0 cm³/mol.